The Hall–Kier alpha value is -1.86. The van der Waals surface area contributed by atoms with E-state index in [0.717, 1.165) is 19.1 Å². The average Bonchev–Trinajstić information content (AvgIpc) is 3.10. The van der Waals surface area contributed by atoms with Crippen LogP contribution < -0.4 is 0 Å². The van der Waals surface area contributed by atoms with Gasteiger partial charge in [0.15, 0.2) is 0 Å². The number of amides is 2. The van der Waals surface area contributed by atoms with Crippen LogP contribution in [0.2, 0.25) is 0 Å². The van der Waals surface area contributed by atoms with Gasteiger partial charge < -0.3 is 9.64 Å². The first kappa shape index (κ1) is 24.3. The van der Waals surface area contributed by atoms with Gasteiger partial charge in [0.2, 0.25) is 5.91 Å². The zero-order chi connectivity index (χ0) is 24.2. The molecule has 0 aromatic rings. The third-order valence-corrected chi connectivity index (χ3v) is 8.16. The molecule has 0 aromatic carbocycles. The van der Waals surface area contributed by atoms with Gasteiger partial charge in [0.1, 0.15) is 18.2 Å². The molecule has 1 saturated heterocycles. The SMILES string of the molecule is CC(C)(C)OC(=O)N(CC(=O)N1CCCC1C#N)C12CC3CC(CC(OS(C)(=O)=O)(C3)C1)C2. The number of carbonyl (C=O) groups excluding carboxylic acids is 2. The molecule has 4 saturated carbocycles. The van der Waals surface area contributed by atoms with Crippen molar-refractivity contribution in [3.05, 3.63) is 0 Å². The highest BCUT2D eigenvalue weighted by atomic mass is 32.2. The number of likely N-dealkylation sites (tertiary alicyclic amines) is 1. The zero-order valence-corrected chi connectivity index (χ0v) is 20.8. The van der Waals surface area contributed by atoms with Crippen LogP contribution in [0.15, 0.2) is 0 Å². The lowest BCUT2D eigenvalue weighted by molar-refractivity contribution is -0.163. The molecule has 0 radical (unpaired) electrons. The zero-order valence-electron chi connectivity index (χ0n) is 20.0. The Labute approximate surface area is 196 Å². The molecule has 10 heteroatoms. The lowest BCUT2D eigenvalue weighted by atomic mass is 9.50. The molecule has 1 aliphatic heterocycles. The number of carbonyl (C=O) groups is 2. The minimum absolute atomic E-state index is 0.179. The van der Waals surface area contributed by atoms with Crippen LogP contribution in [0.4, 0.5) is 4.79 Å². The molecule has 9 nitrogen and oxygen atoms in total. The molecule has 4 bridgehead atoms. The van der Waals surface area contributed by atoms with Gasteiger partial charge in [-0.2, -0.15) is 13.7 Å². The van der Waals surface area contributed by atoms with Crippen LogP contribution in [0.1, 0.15) is 72.1 Å². The van der Waals surface area contributed by atoms with Crippen LogP contribution in [0.3, 0.4) is 0 Å². The summed E-state index contributed by atoms with van der Waals surface area (Å²) < 4.78 is 35.6. The first-order valence-corrected chi connectivity index (χ1v) is 13.7. The summed E-state index contributed by atoms with van der Waals surface area (Å²) in [5.74, 6) is 0.192. The van der Waals surface area contributed by atoms with E-state index < -0.39 is 39.0 Å². The molecule has 5 fully saturated rings. The molecule has 5 aliphatic rings. The molecule has 0 spiro atoms. The molecule has 3 unspecified atom stereocenters. The maximum Gasteiger partial charge on any atom is 0.411 e. The Morgan fingerprint density at radius 1 is 1.18 bits per heavy atom. The highest BCUT2D eigenvalue weighted by molar-refractivity contribution is 7.86. The summed E-state index contributed by atoms with van der Waals surface area (Å²) in [5.41, 5.74) is -2.29. The Morgan fingerprint density at radius 2 is 1.82 bits per heavy atom. The monoisotopic (exact) mass is 481 g/mol. The fourth-order valence-electron chi connectivity index (χ4n) is 7.03. The van der Waals surface area contributed by atoms with Crippen molar-refractivity contribution in [1.82, 2.24) is 9.80 Å². The topological polar surface area (TPSA) is 117 Å². The standard InChI is InChI=1S/C23H35N3O6S/c1-21(2,3)31-20(28)26(14-19(27)25-7-5-6-18(25)13-24)22-9-16-8-17(10-22)12-23(11-16,15-22)32-33(4,29)30/h16-18H,5-12,14-15H2,1-4H3. The highest BCUT2D eigenvalue weighted by Crippen LogP contribution is 2.61. The van der Waals surface area contributed by atoms with E-state index in [9.17, 15) is 23.3 Å². The maximum absolute atomic E-state index is 13.5. The molecule has 4 aliphatic carbocycles. The van der Waals surface area contributed by atoms with Gasteiger partial charge in [0.25, 0.3) is 10.1 Å². The van der Waals surface area contributed by atoms with Gasteiger partial charge in [0.05, 0.1) is 23.5 Å². The average molecular weight is 482 g/mol. The number of nitriles is 1. The third-order valence-electron chi connectivity index (χ3n) is 7.51. The Morgan fingerprint density at radius 3 is 2.36 bits per heavy atom. The largest absolute Gasteiger partial charge is 0.444 e. The maximum atomic E-state index is 13.5. The number of ether oxygens (including phenoxy) is 1. The van der Waals surface area contributed by atoms with Gasteiger partial charge >= 0.3 is 6.09 Å². The number of rotatable bonds is 5. The van der Waals surface area contributed by atoms with Crippen molar-refractivity contribution >= 4 is 22.1 Å². The lowest BCUT2D eigenvalue weighted by Gasteiger charge is -2.63. The summed E-state index contributed by atoms with van der Waals surface area (Å²) in [6, 6.07) is 1.71. The molecule has 5 rings (SSSR count). The third kappa shape index (κ3) is 4.99. The quantitative estimate of drug-likeness (QED) is 0.554. The van der Waals surface area contributed by atoms with Crippen molar-refractivity contribution in [2.24, 2.45) is 11.8 Å². The fraction of sp³-hybridized carbons (Fsp3) is 0.870. The minimum atomic E-state index is -3.68. The van der Waals surface area contributed by atoms with Crippen molar-refractivity contribution in [1.29, 1.82) is 5.26 Å². The van der Waals surface area contributed by atoms with E-state index in [1.165, 1.54) is 0 Å². The molecule has 184 valence electrons. The van der Waals surface area contributed by atoms with Crippen molar-refractivity contribution in [2.45, 2.75) is 94.9 Å². The van der Waals surface area contributed by atoms with Crippen molar-refractivity contribution in [3.63, 3.8) is 0 Å². The molecule has 3 atom stereocenters. The lowest BCUT2D eigenvalue weighted by Crippen LogP contribution is -2.68. The van der Waals surface area contributed by atoms with Gasteiger partial charge in [-0.25, -0.2) is 4.79 Å². The summed E-state index contributed by atoms with van der Waals surface area (Å²) in [6.45, 7) is 5.67. The van der Waals surface area contributed by atoms with Crippen LogP contribution in [0.5, 0.6) is 0 Å². The smallest absolute Gasteiger partial charge is 0.411 e. The molecule has 2 amide bonds. The summed E-state index contributed by atoms with van der Waals surface area (Å²) in [5, 5.41) is 9.43. The normalized spacial score (nSPS) is 35.4. The molecule has 1 heterocycles. The molecular weight excluding hydrogens is 446 g/mol. The van der Waals surface area contributed by atoms with Crippen LogP contribution in [-0.2, 0) is 23.8 Å². The van der Waals surface area contributed by atoms with E-state index in [1.807, 2.05) is 0 Å². The van der Waals surface area contributed by atoms with E-state index in [1.54, 1.807) is 30.6 Å². The van der Waals surface area contributed by atoms with Crippen molar-refractivity contribution in [3.8, 4) is 6.07 Å². The Kier molecular flexibility index (Phi) is 5.97. The first-order chi connectivity index (χ1) is 15.2. The van der Waals surface area contributed by atoms with Gasteiger partial charge in [-0.1, -0.05) is 0 Å². The van der Waals surface area contributed by atoms with E-state index in [-0.39, 0.29) is 24.3 Å². The predicted octanol–water partition coefficient (Wildman–Crippen LogP) is 2.81. The second-order valence-electron chi connectivity index (χ2n) is 11.6. The molecule has 0 aromatic heterocycles. The van der Waals surface area contributed by atoms with Crippen LogP contribution in [0.25, 0.3) is 0 Å². The van der Waals surface area contributed by atoms with Gasteiger partial charge in [0, 0.05) is 13.0 Å². The second kappa shape index (κ2) is 8.12. The summed E-state index contributed by atoms with van der Waals surface area (Å²) >= 11 is 0. The van der Waals surface area contributed by atoms with E-state index in [2.05, 4.69) is 6.07 Å². The minimum Gasteiger partial charge on any atom is -0.444 e. The van der Waals surface area contributed by atoms with Crippen LogP contribution in [-0.4, -0.2) is 72.3 Å². The van der Waals surface area contributed by atoms with Crippen LogP contribution >= 0.6 is 0 Å². The Bertz CT molecular complexity index is 952. The Balaban J connectivity index is 1.67. The van der Waals surface area contributed by atoms with Crippen molar-refractivity contribution < 1.29 is 26.9 Å². The first-order valence-electron chi connectivity index (χ1n) is 11.8. The molecule has 0 N–H and O–H groups in total. The highest BCUT2D eigenvalue weighted by Gasteiger charge is 2.63. The fourth-order valence-corrected chi connectivity index (χ4v) is 7.87. The number of hydrogen-bond donors (Lipinski definition) is 0. The van der Waals surface area contributed by atoms with Gasteiger partial charge in [-0.15, -0.1) is 0 Å². The molecular formula is C23H35N3O6S. The van der Waals surface area contributed by atoms with Gasteiger partial charge in [-0.05, 0) is 77.6 Å². The van der Waals surface area contributed by atoms with E-state index >= 15 is 0 Å². The second-order valence-corrected chi connectivity index (χ2v) is 13.2. The summed E-state index contributed by atoms with van der Waals surface area (Å²) in [7, 11) is -3.68. The summed E-state index contributed by atoms with van der Waals surface area (Å²) in [4.78, 5) is 29.9. The number of nitrogens with zero attached hydrogens (tertiary/aromatic N) is 3. The van der Waals surface area contributed by atoms with E-state index in [4.69, 9.17) is 8.92 Å². The molecule has 33 heavy (non-hydrogen) atoms. The number of hydrogen-bond acceptors (Lipinski definition) is 7. The van der Waals surface area contributed by atoms with E-state index in [0.29, 0.717) is 45.1 Å². The van der Waals surface area contributed by atoms with Gasteiger partial charge in [-0.3, -0.25) is 13.9 Å². The predicted molar refractivity (Wildman–Crippen MR) is 119 cm³/mol. The summed E-state index contributed by atoms with van der Waals surface area (Å²) in [6.07, 6.45) is 5.95. The van der Waals surface area contributed by atoms with Crippen LogP contribution in [0, 0.1) is 23.2 Å². The van der Waals surface area contributed by atoms with Crippen molar-refractivity contribution in [2.75, 3.05) is 19.3 Å².